The zero-order chi connectivity index (χ0) is 21.8. The van der Waals surface area contributed by atoms with Crippen LogP contribution in [0.3, 0.4) is 0 Å². The summed E-state index contributed by atoms with van der Waals surface area (Å²) in [6.07, 6.45) is 4.50. The van der Waals surface area contributed by atoms with Crippen LogP contribution in [0.15, 0.2) is 67.0 Å². The second kappa shape index (κ2) is 9.50. The van der Waals surface area contributed by atoms with E-state index in [0.717, 1.165) is 28.0 Å². The first-order chi connectivity index (χ1) is 15.1. The summed E-state index contributed by atoms with van der Waals surface area (Å²) in [6, 6.07) is 16.6. The Kier molecular flexibility index (Phi) is 6.54. The lowest BCUT2D eigenvalue weighted by molar-refractivity contribution is -0.124. The van der Waals surface area contributed by atoms with E-state index in [1.54, 1.807) is 12.4 Å². The Morgan fingerprint density at radius 3 is 2.55 bits per heavy atom. The van der Waals surface area contributed by atoms with Gasteiger partial charge in [-0.3, -0.25) is 9.78 Å². The molecule has 0 aliphatic carbocycles. The highest BCUT2D eigenvalue weighted by Gasteiger charge is 2.25. The average molecular weight is 453 g/mol. The van der Waals surface area contributed by atoms with Gasteiger partial charge in [-0.1, -0.05) is 54.4 Å². The maximum atomic E-state index is 13.2. The van der Waals surface area contributed by atoms with Gasteiger partial charge in [-0.05, 0) is 47.9 Å². The van der Waals surface area contributed by atoms with Gasteiger partial charge in [0.1, 0.15) is 11.9 Å². The van der Waals surface area contributed by atoms with Crippen molar-refractivity contribution in [1.82, 2.24) is 19.9 Å². The van der Waals surface area contributed by atoms with E-state index < -0.39 is 6.04 Å². The molecule has 2 aromatic heterocycles. The molecule has 5 nitrogen and oxygen atoms in total. The van der Waals surface area contributed by atoms with E-state index in [1.807, 2.05) is 66.1 Å². The number of imidazole rings is 1. The van der Waals surface area contributed by atoms with Crippen LogP contribution in [0.4, 0.5) is 0 Å². The number of nitrogens with one attached hydrogen (secondary N) is 1. The van der Waals surface area contributed by atoms with Gasteiger partial charge in [0.25, 0.3) is 0 Å². The van der Waals surface area contributed by atoms with Crippen LogP contribution < -0.4 is 5.32 Å². The first kappa shape index (κ1) is 21.3. The summed E-state index contributed by atoms with van der Waals surface area (Å²) in [5.41, 5.74) is 3.49. The molecule has 0 aliphatic rings. The van der Waals surface area contributed by atoms with Crippen molar-refractivity contribution in [2.75, 3.05) is 0 Å². The highest BCUT2D eigenvalue weighted by Crippen LogP contribution is 2.30. The minimum atomic E-state index is -0.416. The van der Waals surface area contributed by atoms with Gasteiger partial charge in [-0.15, -0.1) is 0 Å². The molecule has 1 N–H and O–H groups in total. The van der Waals surface area contributed by atoms with E-state index in [0.29, 0.717) is 29.4 Å². The Bertz CT molecular complexity index is 1190. The van der Waals surface area contributed by atoms with E-state index >= 15 is 0 Å². The predicted octanol–water partition coefficient (Wildman–Crippen LogP) is 5.60. The zero-order valence-corrected chi connectivity index (χ0v) is 18.6. The van der Waals surface area contributed by atoms with Crippen molar-refractivity contribution in [3.05, 3.63) is 94.0 Å². The number of hydrogen-bond donors (Lipinski definition) is 1. The molecule has 2 aromatic carbocycles. The first-order valence-electron chi connectivity index (χ1n) is 10.1. The van der Waals surface area contributed by atoms with Crippen LogP contribution in [0.5, 0.6) is 0 Å². The number of fused-ring (bicyclic) bond motifs is 1. The maximum Gasteiger partial charge on any atom is 0.243 e. The van der Waals surface area contributed by atoms with Crippen LogP contribution in [0, 0.1) is 0 Å². The number of hydrogen-bond acceptors (Lipinski definition) is 3. The van der Waals surface area contributed by atoms with Gasteiger partial charge in [0.15, 0.2) is 0 Å². The summed E-state index contributed by atoms with van der Waals surface area (Å²) < 4.78 is 2.01. The fourth-order valence-electron chi connectivity index (χ4n) is 3.72. The highest BCUT2D eigenvalue weighted by atomic mass is 35.5. The van der Waals surface area contributed by atoms with Crippen molar-refractivity contribution in [3.8, 4) is 0 Å². The van der Waals surface area contributed by atoms with Crippen molar-refractivity contribution in [3.63, 3.8) is 0 Å². The number of amides is 1. The third kappa shape index (κ3) is 4.58. The summed E-state index contributed by atoms with van der Waals surface area (Å²) in [4.78, 5) is 22.1. The number of benzene rings is 2. The molecule has 0 radical (unpaired) electrons. The first-order valence-corrected chi connectivity index (χ1v) is 10.9. The van der Waals surface area contributed by atoms with E-state index in [9.17, 15) is 4.79 Å². The largest absolute Gasteiger partial charge is 0.350 e. The highest BCUT2D eigenvalue weighted by molar-refractivity contribution is 6.36. The molecule has 0 fully saturated rings. The molecule has 4 rings (SSSR count). The minimum Gasteiger partial charge on any atom is -0.350 e. The minimum absolute atomic E-state index is 0.0685. The number of rotatable bonds is 7. The molecule has 1 amide bonds. The van der Waals surface area contributed by atoms with E-state index in [-0.39, 0.29) is 5.91 Å². The van der Waals surface area contributed by atoms with Gasteiger partial charge >= 0.3 is 0 Å². The van der Waals surface area contributed by atoms with Crippen molar-refractivity contribution < 1.29 is 4.79 Å². The molecule has 1 atom stereocenters. The fraction of sp³-hybridized carbons (Fsp3) is 0.208. The smallest absolute Gasteiger partial charge is 0.243 e. The molecule has 0 unspecified atom stereocenters. The maximum absolute atomic E-state index is 13.2. The fourth-order valence-corrected chi connectivity index (χ4v) is 4.25. The SMILES string of the molecule is CC[C@H](C(=O)NCc1cccnc1)n1c(Cc2c(Cl)cccc2Cl)nc2ccccc21. The number of aromatic nitrogens is 3. The topological polar surface area (TPSA) is 59.8 Å². The Hall–Kier alpha value is -2.89. The molecule has 0 saturated carbocycles. The predicted molar refractivity (Wildman–Crippen MR) is 124 cm³/mol. The van der Waals surface area contributed by atoms with Crippen LogP contribution in [0.1, 0.15) is 36.3 Å². The molecule has 0 bridgehead atoms. The quantitative estimate of drug-likeness (QED) is 0.397. The molecule has 0 spiro atoms. The van der Waals surface area contributed by atoms with Crippen molar-refractivity contribution in [2.45, 2.75) is 32.4 Å². The molecular formula is C24H22Cl2N4O. The van der Waals surface area contributed by atoms with E-state index in [1.165, 1.54) is 0 Å². The molecule has 0 saturated heterocycles. The van der Waals surface area contributed by atoms with E-state index in [2.05, 4.69) is 10.3 Å². The van der Waals surface area contributed by atoms with Crippen LogP contribution in [0.2, 0.25) is 10.0 Å². The monoisotopic (exact) mass is 452 g/mol. The molecule has 31 heavy (non-hydrogen) atoms. The average Bonchev–Trinajstić information content (AvgIpc) is 3.14. The Morgan fingerprint density at radius 2 is 1.84 bits per heavy atom. The number of carbonyl (C=O) groups excluding carboxylic acids is 1. The Labute approximate surface area is 191 Å². The van der Waals surface area contributed by atoms with Gasteiger partial charge in [-0.2, -0.15) is 0 Å². The van der Waals surface area contributed by atoms with Crippen LogP contribution >= 0.6 is 23.2 Å². The normalized spacial score (nSPS) is 12.1. The second-order valence-electron chi connectivity index (χ2n) is 7.27. The molecule has 0 aliphatic heterocycles. The summed E-state index contributed by atoms with van der Waals surface area (Å²) >= 11 is 12.8. The van der Waals surface area contributed by atoms with Gasteiger partial charge in [-0.25, -0.2) is 4.98 Å². The Morgan fingerprint density at radius 1 is 1.06 bits per heavy atom. The van der Waals surface area contributed by atoms with Gasteiger partial charge < -0.3 is 9.88 Å². The summed E-state index contributed by atoms with van der Waals surface area (Å²) in [5.74, 6) is 0.681. The van der Waals surface area contributed by atoms with E-state index in [4.69, 9.17) is 28.2 Å². The van der Waals surface area contributed by atoms with Crippen molar-refractivity contribution in [1.29, 1.82) is 0 Å². The molecule has 158 valence electrons. The summed E-state index contributed by atoms with van der Waals surface area (Å²) in [6.45, 7) is 2.41. The van der Waals surface area contributed by atoms with Crippen LogP contribution in [-0.2, 0) is 17.8 Å². The Balaban J connectivity index is 1.70. The molecule has 4 aromatic rings. The zero-order valence-electron chi connectivity index (χ0n) is 17.1. The summed E-state index contributed by atoms with van der Waals surface area (Å²) in [5, 5.41) is 4.20. The lowest BCUT2D eigenvalue weighted by atomic mass is 10.1. The van der Waals surface area contributed by atoms with Crippen LogP contribution in [-0.4, -0.2) is 20.4 Å². The number of para-hydroxylation sites is 2. The molecule has 7 heteroatoms. The third-order valence-electron chi connectivity index (χ3n) is 5.26. The van der Waals surface area contributed by atoms with Gasteiger partial charge in [0.05, 0.1) is 11.0 Å². The molecule has 2 heterocycles. The molecular weight excluding hydrogens is 431 g/mol. The number of halogens is 2. The number of nitrogens with zero attached hydrogens (tertiary/aromatic N) is 3. The number of carbonyl (C=O) groups is 1. The van der Waals surface area contributed by atoms with Crippen molar-refractivity contribution in [2.24, 2.45) is 0 Å². The standard InChI is InChI=1S/C24H22Cl2N4O/c1-2-21(24(31)28-15-16-7-6-12-27-14-16)30-22-11-4-3-10-20(22)29-23(30)13-17-18(25)8-5-9-19(17)26/h3-12,14,21H,2,13,15H2,1H3,(H,28,31)/t21-/m1/s1. The summed E-state index contributed by atoms with van der Waals surface area (Å²) in [7, 11) is 0. The van der Waals surface area contributed by atoms with Gasteiger partial charge in [0.2, 0.25) is 5.91 Å². The van der Waals surface area contributed by atoms with Crippen LogP contribution in [0.25, 0.3) is 11.0 Å². The lowest BCUT2D eigenvalue weighted by Gasteiger charge is -2.20. The van der Waals surface area contributed by atoms with Gasteiger partial charge in [0, 0.05) is 35.4 Å². The number of pyridine rings is 1. The van der Waals surface area contributed by atoms with Crippen molar-refractivity contribution >= 4 is 40.1 Å². The second-order valence-corrected chi connectivity index (χ2v) is 8.08. The third-order valence-corrected chi connectivity index (χ3v) is 5.96. The lowest BCUT2D eigenvalue weighted by Crippen LogP contribution is -2.32.